The SMILES string of the molecule is CC(=O)N1CCC[C@@H](C(=O)O[C@H](C(=O)Nc2ccc(C)cc2[N+](=O)[O-])c2ccccc2)C1. The number of piperidine rings is 1. The van der Waals surface area contributed by atoms with Gasteiger partial charge in [-0.15, -0.1) is 0 Å². The maximum atomic E-state index is 13.1. The predicted molar refractivity (Wildman–Crippen MR) is 117 cm³/mol. The van der Waals surface area contributed by atoms with E-state index in [2.05, 4.69) is 5.32 Å². The molecule has 2 aromatic carbocycles. The molecule has 1 fully saturated rings. The number of nitro groups is 1. The minimum absolute atomic E-state index is 0.0167. The van der Waals surface area contributed by atoms with Crippen LogP contribution in [0.15, 0.2) is 48.5 Å². The van der Waals surface area contributed by atoms with Crippen molar-refractivity contribution in [3.05, 3.63) is 69.8 Å². The van der Waals surface area contributed by atoms with Gasteiger partial charge in [0, 0.05) is 31.6 Å². The van der Waals surface area contributed by atoms with Crippen LogP contribution >= 0.6 is 0 Å². The molecule has 32 heavy (non-hydrogen) atoms. The second-order valence-corrected chi connectivity index (χ2v) is 7.80. The number of nitro benzene ring substituents is 1. The van der Waals surface area contributed by atoms with E-state index >= 15 is 0 Å². The van der Waals surface area contributed by atoms with E-state index in [9.17, 15) is 24.5 Å². The van der Waals surface area contributed by atoms with E-state index in [0.29, 0.717) is 30.5 Å². The average Bonchev–Trinajstić information content (AvgIpc) is 2.78. The topological polar surface area (TPSA) is 119 Å². The summed E-state index contributed by atoms with van der Waals surface area (Å²) in [5.41, 5.74) is 0.879. The minimum atomic E-state index is -1.29. The molecule has 1 aliphatic rings. The van der Waals surface area contributed by atoms with Crippen molar-refractivity contribution in [3.8, 4) is 0 Å². The molecule has 0 bridgehead atoms. The van der Waals surface area contributed by atoms with Crippen molar-refractivity contribution in [1.29, 1.82) is 0 Å². The summed E-state index contributed by atoms with van der Waals surface area (Å²) in [5, 5.41) is 13.9. The number of aryl methyl sites for hydroxylation is 1. The maximum absolute atomic E-state index is 13.1. The van der Waals surface area contributed by atoms with Crippen LogP contribution in [-0.2, 0) is 19.1 Å². The number of carbonyl (C=O) groups excluding carboxylic acids is 3. The monoisotopic (exact) mass is 439 g/mol. The molecule has 0 saturated carbocycles. The van der Waals surface area contributed by atoms with Gasteiger partial charge in [-0.05, 0) is 31.4 Å². The lowest BCUT2D eigenvalue weighted by Crippen LogP contribution is -2.42. The first-order chi connectivity index (χ1) is 15.3. The Hall–Kier alpha value is -3.75. The van der Waals surface area contributed by atoms with Gasteiger partial charge >= 0.3 is 5.97 Å². The number of rotatable bonds is 6. The Morgan fingerprint density at radius 1 is 1.19 bits per heavy atom. The van der Waals surface area contributed by atoms with Crippen LogP contribution < -0.4 is 5.32 Å². The number of hydrogen-bond acceptors (Lipinski definition) is 6. The molecule has 2 amide bonds. The number of esters is 1. The second kappa shape index (κ2) is 10.0. The molecule has 1 N–H and O–H groups in total. The number of carbonyl (C=O) groups is 3. The number of benzene rings is 2. The largest absolute Gasteiger partial charge is 0.447 e. The van der Waals surface area contributed by atoms with Gasteiger partial charge in [0.1, 0.15) is 5.69 Å². The van der Waals surface area contributed by atoms with E-state index in [4.69, 9.17) is 4.74 Å². The summed E-state index contributed by atoms with van der Waals surface area (Å²) in [6, 6.07) is 12.9. The first kappa shape index (κ1) is 22.9. The van der Waals surface area contributed by atoms with Crippen LogP contribution in [0.5, 0.6) is 0 Å². The Morgan fingerprint density at radius 2 is 1.91 bits per heavy atom. The molecular weight excluding hydrogens is 414 g/mol. The molecule has 2 aromatic rings. The molecule has 0 unspecified atom stereocenters. The van der Waals surface area contributed by atoms with E-state index in [1.54, 1.807) is 48.2 Å². The summed E-state index contributed by atoms with van der Waals surface area (Å²) in [4.78, 5) is 50.1. The Bertz CT molecular complexity index is 1020. The highest BCUT2D eigenvalue weighted by atomic mass is 16.6. The lowest BCUT2D eigenvalue weighted by Gasteiger charge is -2.31. The predicted octanol–water partition coefficient (Wildman–Crippen LogP) is 3.38. The smallest absolute Gasteiger partial charge is 0.311 e. The van der Waals surface area contributed by atoms with E-state index in [-0.39, 0.29) is 23.8 Å². The Kier molecular flexibility index (Phi) is 7.19. The summed E-state index contributed by atoms with van der Waals surface area (Å²) in [5.74, 6) is -1.94. The van der Waals surface area contributed by atoms with Crippen LogP contribution in [0.25, 0.3) is 0 Å². The van der Waals surface area contributed by atoms with Crippen LogP contribution in [0.1, 0.15) is 37.0 Å². The minimum Gasteiger partial charge on any atom is -0.447 e. The standard InChI is InChI=1S/C23H25N3O6/c1-15-10-11-19(20(13-15)26(30)31)24-22(28)21(17-7-4-3-5-8-17)32-23(29)18-9-6-12-25(14-18)16(2)27/h3-5,7-8,10-11,13,18,21H,6,9,12,14H2,1-2H3,(H,24,28)/t18-,21+/m1/s1. The molecule has 1 saturated heterocycles. The van der Waals surface area contributed by atoms with E-state index in [1.165, 1.54) is 19.1 Å². The summed E-state index contributed by atoms with van der Waals surface area (Å²) >= 11 is 0. The fraction of sp³-hybridized carbons (Fsp3) is 0.348. The van der Waals surface area contributed by atoms with Crippen LogP contribution in [0.3, 0.4) is 0 Å². The van der Waals surface area contributed by atoms with Gasteiger partial charge in [0.05, 0.1) is 10.8 Å². The van der Waals surface area contributed by atoms with Gasteiger partial charge in [0.2, 0.25) is 12.0 Å². The number of nitrogens with zero attached hydrogens (tertiary/aromatic N) is 2. The van der Waals surface area contributed by atoms with Crippen molar-refractivity contribution in [2.45, 2.75) is 32.8 Å². The third kappa shape index (κ3) is 5.48. The van der Waals surface area contributed by atoms with Gasteiger partial charge in [-0.1, -0.05) is 36.4 Å². The molecule has 9 heteroatoms. The highest BCUT2D eigenvalue weighted by molar-refractivity contribution is 5.98. The van der Waals surface area contributed by atoms with Crippen molar-refractivity contribution in [2.75, 3.05) is 18.4 Å². The fourth-order valence-corrected chi connectivity index (χ4v) is 3.67. The second-order valence-electron chi connectivity index (χ2n) is 7.80. The number of nitrogens with one attached hydrogen (secondary N) is 1. The molecule has 1 heterocycles. The lowest BCUT2D eigenvalue weighted by molar-refractivity contribution is -0.384. The zero-order chi connectivity index (χ0) is 23.3. The van der Waals surface area contributed by atoms with Gasteiger partial charge in [-0.25, -0.2) is 0 Å². The van der Waals surface area contributed by atoms with Crippen LogP contribution in [0.4, 0.5) is 11.4 Å². The fourth-order valence-electron chi connectivity index (χ4n) is 3.67. The molecule has 0 aromatic heterocycles. The van der Waals surface area contributed by atoms with Crippen molar-refractivity contribution in [1.82, 2.24) is 4.90 Å². The lowest BCUT2D eigenvalue weighted by atomic mass is 9.98. The first-order valence-electron chi connectivity index (χ1n) is 10.3. The van der Waals surface area contributed by atoms with Gasteiger partial charge in [0.25, 0.3) is 11.6 Å². The normalized spacial score (nSPS) is 16.7. The van der Waals surface area contributed by atoms with Crippen LogP contribution in [0.2, 0.25) is 0 Å². The molecule has 168 valence electrons. The number of amides is 2. The molecule has 1 aliphatic heterocycles. The third-order valence-electron chi connectivity index (χ3n) is 5.38. The van der Waals surface area contributed by atoms with Gasteiger partial charge in [-0.2, -0.15) is 0 Å². The average molecular weight is 439 g/mol. The van der Waals surface area contributed by atoms with Gasteiger partial charge < -0.3 is 15.0 Å². The number of ether oxygens (including phenoxy) is 1. The van der Waals surface area contributed by atoms with E-state index in [1.807, 2.05) is 0 Å². The van der Waals surface area contributed by atoms with Crippen LogP contribution in [-0.4, -0.2) is 40.7 Å². The van der Waals surface area contributed by atoms with Crippen molar-refractivity contribution in [3.63, 3.8) is 0 Å². The zero-order valence-corrected chi connectivity index (χ0v) is 17.9. The van der Waals surface area contributed by atoms with Crippen LogP contribution in [0, 0.1) is 23.0 Å². The Labute approximate surface area is 185 Å². The zero-order valence-electron chi connectivity index (χ0n) is 17.9. The molecule has 2 atom stereocenters. The Balaban J connectivity index is 1.82. The molecule has 0 aliphatic carbocycles. The summed E-state index contributed by atoms with van der Waals surface area (Å²) < 4.78 is 5.60. The maximum Gasteiger partial charge on any atom is 0.311 e. The summed E-state index contributed by atoms with van der Waals surface area (Å²) in [7, 11) is 0. The quantitative estimate of drug-likeness (QED) is 0.419. The molecule has 9 nitrogen and oxygen atoms in total. The van der Waals surface area contributed by atoms with Crippen molar-refractivity contribution < 1.29 is 24.0 Å². The molecule has 3 rings (SSSR count). The van der Waals surface area contributed by atoms with E-state index < -0.39 is 28.8 Å². The summed E-state index contributed by atoms with van der Waals surface area (Å²) in [6.07, 6.45) is -0.0796. The van der Waals surface area contributed by atoms with Crippen molar-refractivity contribution in [2.24, 2.45) is 5.92 Å². The highest BCUT2D eigenvalue weighted by Gasteiger charge is 2.33. The summed E-state index contributed by atoms with van der Waals surface area (Å²) in [6.45, 7) is 3.98. The molecule has 0 spiro atoms. The highest BCUT2D eigenvalue weighted by Crippen LogP contribution is 2.29. The van der Waals surface area contributed by atoms with E-state index in [0.717, 1.165) is 0 Å². The molecular formula is C23H25N3O6. The van der Waals surface area contributed by atoms with Crippen molar-refractivity contribution >= 4 is 29.2 Å². The number of hydrogen-bond donors (Lipinski definition) is 1. The Morgan fingerprint density at radius 3 is 2.56 bits per heavy atom. The van der Waals surface area contributed by atoms with Gasteiger partial charge in [-0.3, -0.25) is 24.5 Å². The number of likely N-dealkylation sites (tertiary alicyclic amines) is 1. The van der Waals surface area contributed by atoms with Gasteiger partial charge in [0.15, 0.2) is 0 Å². The molecule has 0 radical (unpaired) electrons. The third-order valence-corrected chi connectivity index (χ3v) is 5.38. The first-order valence-corrected chi connectivity index (χ1v) is 10.3. The number of anilines is 1.